The van der Waals surface area contributed by atoms with E-state index in [-0.39, 0.29) is 23.8 Å². The second-order valence-electron chi connectivity index (χ2n) is 10.8. The van der Waals surface area contributed by atoms with Crippen molar-refractivity contribution in [1.82, 2.24) is 10.2 Å². The molecule has 0 unspecified atom stereocenters. The zero-order chi connectivity index (χ0) is 25.4. The number of nitrogens with one attached hydrogen (secondary N) is 1. The molecule has 1 aromatic carbocycles. The van der Waals surface area contributed by atoms with Gasteiger partial charge in [-0.25, -0.2) is 14.2 Å². The van der Waals surface area contributed by atoms with Crippen molar-refractivity contribution in [2.45, 2.75) is 62.2 Å². The summed E-state index contributed by atoms with van der Waals surface area (Å²) in [7, 11) is -1.22. The number of carbonyl (C=O) groups is 2. The molecule has 35 heavy (non-hydrogen) atoms. The summed E-state index contributed by atoms with van der Waals surface area (Å²) in [5.74, 6) is -0.574. The summed E-state index contributed by atoms with van der Waals surface area (Å²) in [4.78, 5) is 32.7. The van der Waals surface area contributed by atoms with E-state index in [0.29, 0.717) is 18.6 Å². The number of halogens is 2. The van der Waals surface area contributed by atoms with Crippen LogP contribution in [-0.4, -0.2) is 61.4 Å². The predicted octanol–water partition coefficient (Wildman–Crippen LogP) is 5.33. The van der Waals surface area contributed by atoms with Crippen LogP contribution in [-0.2, 0) is 19.8 Å². The second-order valence-corrected chi connectivity index (χ2v) is 18.6. The lowest BCUT2D eigenvalue weighted by Gasteiger charge is -2.35. The van der Waals surface area contributed by atoms with Gasteiger partial charge in [0.15, 0.2) is 0 Å². The van der Waals surface area contributed by atoms with Crippen LogP contribution in [0.25, 0.3) is 0 Å². The predicted molar refractivity (Wildman–Crippen MR) is 142 cm³/mol. The van der Waals surface area contributed by atoms with Crippen molar-refractivity contribution in [1.29, 1.82) is 0 Å². The van der Waals surface area contributed by atoms with Gasteiger partial charge in [-0.15, -0.1) is 0 Å². The highest BCUT2D eigenvalue weighted by Gasteiger charge is 2.72. The van der Waals surface area contributed by atoms with E-state index in [4.69, 9.17) is 14.5 Å². The number of benzene rings is 1. The van der Waals surface area contributed by atoms with Crippen LogP contribution in [0.1, 0.15) is 31.7 Å². The topological polar surface area (TPSA) is 80.2 Å². The van der Waals surface area contributed by atoms with E-state index < -0.39 is 30.3 Å². The van der Waals surface area contributed by atoms with Crippen molar-refractivity contribution in [3.63, 3.8) is 0 Å². The maximum Gasteiger partial charge on any atom is 0.416 e. The fourth-order valence-corrected chi connectivity index (χ4v) is 7.40. The average molecular weight is 587 g/mol. The van der Waals surface area contributed by atoms with Crippen LogP contribution >= 0.6 is 27.7 Å². The van der Waals surface area contributed by atoms with Crippen LogP contribution in [0.2, 0.25) is 25.7 Å². The molecule has 7 nitrogen and oxygen atoms in total. The van der Waals surface area contributed by atoms with Gasteiger partial charge in [0, 0.05) is 43.7 Å². The molecule has 0 aromatic heterocycles. The van der Waals surface area contributed by atoms with E-state index in [1.807, 2.05) is 11.8 Å². The van der Waals surface area contributed by atoms with Gasteiger partial charge in [-0.1, -0.05) is 35.6 Å². The van der Waals surface area contributed by atoms with Crippen molar-refractivity contribution in [3.05, 3.63) is 34.1 Å². The maximum absolute atomic E-state index is 15.0. The first-order valence-electron chi connectivity index (χ1n) is 12.0. The molecule has 3 atom stereocenters. The summed E-state index contributed by atoms with van der Waals surface area (Å²) in [6, 6.07) is 5.71. The number of hydrogen-bond acceptors (Lipinski definition) is 6. The maximum atomic E-state index is 15.0. The van der Waals surface area contributed by atoms with Crippen molar-refractivity contribution < 1.29 is 23.5 Å². The Morgan fingerprint density at radius 1 is 1.31 bits per heavy atom. The number of nitrogens with zero attached hydrogens (tertiary/aromatic N) is 2. The van der Waals surface area contributed by atoms with E-state index in [2.05, 4.69) is 40.9 Å². The van der Waals surface area contributed by atoms with E-state index in [9.17, 15) is 9.59 Å². The number of amides is 2. The van der Waals surface area contributed by atoms with E-state index in [1.54, 1.807) is 12.1 Å². The summed E-state index contributed by atoms with van der Waals surface area (Å²) in [6.07, 6.45) is 1.80. The molecule has 2 heterocycles. The molecule has 2 amide bonds. The largest absolute Gasteiger partial charge is 0.416 e. The second kappa shape index (κ2) is 10.1. The standard InChI is InChI=1S/C24H33BrFN3O4SSi/c1-23(17-13-16(25)7-8-18(17)26)19-14-24(19,20(30)29-9-5-6-10-29)34-22(28-23)33-21(31)27-15-32-11-12-35(2,3)4/h7-8,13,19H,5-6,9-12,14-15H2,1-4H3,(H,27,31)/t19-,23+,24-/m0/s1. The Labute approximate surface area is 219 Å². The van der Waals surface area contributed by atoms with E-state index >= 15 is 4.39 Å². The van der Waals surface area contributed by atoms with Crippen molar-refractivity contribution in [2.24, 2.45) is 10.9 Å². The number of aliphatic imine (C=N–C) groups is 1. The van der Waals surface area contributed by atoms with Crippen molar-refractivity contribution >= 4 is 53.0 Å². The number of thioether (sulfide) groups is 1. The van der Waals surface area contributed by atoms with Gasteiger partial charge in [0.2, 0.25) is 5.91 Å². The molecule has 2 fully saturated rings. The molecule has 4 rings (SSSR count). The summed E-state index contributed by atoms with van der Waals surface area (Å²) in [6.45, 7) is 10.6. The zero-order valence-corrected chi connectivity index (χ0v) is 24.1. The van der Waals surface area contributed by atoms with Gasteiger partial charge in [0.05, 0.1) is 5.54 Å². The van der Waals surface area contributed by atoms with E-state index in [0.717, 1.165) is 36.4 Å². The molecule has 1 aliphatic carbocycles. The minimum absolute atomic E-state index is 0.0257. The van der Waals surface area contributed by atoms with Gasteiger partial charge in [-0.2, -0.15) is 0 Å². The Kier molecular flexibility index (Phi) is 7.71. The number of likely N-dealkylation sites (tertiary alicyclic amines) is 1. The number of ether oxygens (including phenoxy) is 2. The van der Waals surface area contributed by atoms with Crippen LogP contribution in [0.4, 0.5) is 9.18 Å². The molecule has 1 N–H and O–H groups in total. The van der Waals surface area contributed by atoms with Gasteiger partial charge < -0.3 is 14.4 Å². The molecule has 11 heteroatoms. The Morgan fingerprint density at radius 2 is 2.03 bits per heavy atom. The van der Waals surface area contributed by atoms with Gasteiger partial charge in [0.1, 0.15) is 17.3 Å². The molecule has 3 aliphatic rings. The normalized spacial score (nSPS) is 27.8. The molecule has 2 aliphatic heterocycles. The van der Waals surface area contributed by atoms with Gasteiger partial charge in [-0.05, 0) is 62.2 Å². The Hall–Kier alpha value is -1.43. The summed E-state index contributed by atoms with van der Waals surface area (Å²) in [5, 5.41) is 2.67. The minimum Gasteiger partial charge on any atom is -0.385 e. The van der Waals surface area contributed by atoms with Crippen LogP contribution < -0.4 is 5.32 Å². The lowest BCUT2D eigenvalue weighted by molar-refractivity contribution is -0.130. The third kappa shape index (κ3) is 5.78. The monoisotopic (exact) mass is 585 g/mol. The van der Waals surface area contributed by atoms with Crippen molar-refractivity contribution in [3.8, 4) is 0 Å². The Morgan fingerprint density at radius 3 is 2.71 bits per heavy atom. The first kappa shape index (κ1) is 26.6. The molecule has 1 aromatic rings. The molecular weight excluding hydrogens is 553 g/mol. The quantitative estimate of drug-likeness (QED) is 0.266. The Balaban J connectivity index is 1.52. The number of fused-ring (bicyclic) bond motifs is 1. The summed E-state index contributed by atoms with van der Waals surface area (Å²) in [5.41, 5.74) is -0.665. The first-order valence-corrected chi connectivity index (χ1v) is 17.3. The SMILES string of the molecule is C[C@]1(c2cc(Br)ccc2F)N=C(OC(=O)NCOCC[Si](C)(C)C)S[C@@]2(C(=O)N3CCCC3)C[C@H]21. The minimum atomic E-state index is -1.22. The molecular formula is C24H33BrFN3O4SSi. The smallest absolute Gasteiger partial charge is 0.385 e. The van der Waals surface area contributed by atoms with E-state index in [1.165, 1.54) is 17.8 Å². The summed E-state index contributed by atoms with van der Waals surface area (Å²) >= 11 is 4.61. The lowest BCUT2D eigenvalue weighted by atomic mass is 9.85. The molecule has 1 saturated heterocycles. The Bertz CT molecular complexity index is 1030. The first-order chi connectivity index (χ1) is 16.4. The van der Waals surface area contributed by atoms with Gasteiger partial charge >= 0.3 is 6.09 Å². The fourth-order valence-electron chi connectivity index (χ4n) is 4.78. The number of alkyl carbamates (subject to hydrolysis) is 1. The average Bonchev–Trinajstić information content (AvgIpc) is 3.28. The van der Waals surface area contributed by atoms with Crippen molar-refractivity contribution in [2.75, 3.05) is 26.4 Å². The highest BCUT2D eigenvalue weighted by molar-refractivity contribution is 9.10. The highest BCUT2D eigenvalue weighted by atomic mass is 79.9. The third-order valence-corrected chi connectivity index (χ3v) is 10.4. The van der Waals surface area contributed by atoms with Crippen LogP contribution in [0.15, 0.2) is 27.7 Å². The van der Waals surface area contributed by atoms with Gasteiger partial charge in [-0.3, -0.25) is 10.1 Å². The molecule has 0 bridgehead atoms. The molecule has 0 spiro atoms. The zero-order valence-electron chi connectivity index (χ0n) is 20.7. The summed E-state index contributed by atoms with van der Waals surface area (Å²) < 4.78 is 26.0. The fraction of sp³-hybridized carbons (Fsp3) is 0.625. The number of hydrogen-bond donors (Lipinski definition) is 1. The van der Waals surface area contributed by atoms with Crippen LogP contribution in [0.3, 0.4) is 0 Å². The van der Waals surface area contributed by atoms with Crippen LogP contribution in [0.5, 0.6) is 0 Å². The van der Waals surface area contributed by atoms with Crippen LogP contribution in [0, 0.1) is 11.7 Å². The molecule has 0 radical (unpaired) electrons. The number of carbonyl (C=O) groups excluding carboxylic acids is 2. The lowest BCUT2D eigenvalue weighted by Crippen LogP contribution is -2.45. The highest BCUT2D eigenvalue weighted by Crippen LogP contribution is 2.67. The third-order valence-electron chi connectivity index (χ3n) is 6.91. The molecule has 192 valence electrons. The number of rotatable bonds is 7. The van der Waals surface area contributed by atoms with Gasteiger partial charge in [0.25, 0.3) is 5.23 Å². The molecule has 1 saturated carbocycles.